The fourth-order valence-electron chi connectivity index (χ4n) is 6.99. The van der Waals surface area contributed by atoms with Gasteiger partial charge in [-0.25, -0.2) is 0 Å². The number of hydrogen-bond acceptors (Lipinski definition) is 2. The first kappa shape index (κ1) is 15.7. The Hall–Kier alpha value is -1.57. The van der Waals surface area contributed by atoms with Crippen LogP contribution in [-0.4, -0.2) is 5.78 Å². The van der Waals surface area contributed by atoms with Gasteiger partial charge in [-0.3, -0.25) is 4.79 Å². The Balaban J connectivity index is 1.49. The number of furan rings is 1. The molecule has 5 atom stereocenters. The highest BCUT2D eigenvalue weighted by Gasteiger charge is 2.57. The van der Waals surface area contributed by atoms with Crippen LogP contribution in [0.1, 0.15) is 64.4 Å². The van der Waals surface area contributed by atoms with Crippen LogP contribution >= 0.6 is 0 Å². The van der Waals surface area contributed by atoms with Gasteiger partial charge in [-0.1, -0.05) is 25.5 Å². The van der Waals surface area contributed by atoms with Gasteiger partial charge in [0.25, 0.3) is 0 Å². The van der Waals surface area contributed by atoms with Crippen molar-refractivity contribution < 1.29 is 9.21 Å². The second kappa shape index (κ2) is 5.22. The van der Waals surface area contributed by atoms with Crippen LogP contribution in [0.2, 0.25) is 0 Å². The Bertz CT molecular complexity index is 768. The molecule has 4 aliphatic carbocycles. The number of hydrogen-bond donors (Lipinski definition) is 0. The van der Waals surface area contributed by atoms with Crippen LogP contribution in [0.4, 0.5) is 0 Å². The van der Waals surface area contributed by atoms with Gasteiger partial charge in [-0.2, -0.15) is 0 Å². The van der Waals surface area contributed by atoms with Crippen LogP contribution in [0.3, 0.4) is 0 Å². The van der Waals surface area contributed by atoms with Crippen molar-refractivity contribution >= 4 is 11.4 Å². The molecule has 0 amide bonds. The van der Waals surface area contributed by atoms with Crippen molar-refractivity contribution in [2.75, 3.05) is 0 Å². The minimum absolute atomic E-state index is 0.274. The Labute approximate surface area is 150 Å². The van der Waals surface area contributed by atoms with E-state index in [0.29, 0.717) is 11.2 Å². The van der Waals surface area contributed by atoms with E-state index in [4.69, 9.17) is 4.42 Å². The normalized spacial score (nSPS) is 43.0. The topological polar surface area (TPSA) is 30.2 Å². The molecule has 0 N–H and O–H groups in total. The Morgan fingerprint density at radius 3 is 2.76 bits per heavy atom. The lowest BCUT2D eigenvalue weighted by Crippen LogP contribution is -2.49. The van der Waals surface area contributed by atoms with Gasteiger partial charge in [-0.05, 0) is 84.8 Å². The molecule has 1 aromatic rings. The highest BCUT2D eigenvalue weighted by Crippen LogP contribution is 2.66. The predicted molar refractivity (Wildman–Crippen MR) is 98.8 cm³/mol. The molecule has 4 aliphatic rings. The summed E-state index contributed by atoms with van der Waals surface area (Å²) in [4.78, 5) is 11.9. The zero-order valence-corrected chi connectivity index (χ0v) is 15.4. The third-order valence-corrected chi connectivity index (χ3v) is 8.37. The molecule has 0 aromatic carbocycles. The second-order valence-corrected chi connectivity index (χ2v) is 9.29. The van der Waals surface area contributed by atoms with Crippen LogP contribution < -0.4 is 0 Å². The number of carbonyl (C=O) groups excluding carboxylic acids is 1. The van der Waals surface area contributed by atoms with Crippen molar-refractivity contribution in [1.82, 2.24) is 0 Å². The lowest BCUT2D eigenvalue weighted by atomic mass is 9.47. The molecule has 132 valence electrons. The second-order valence-electron chi connectivity index (χ2n) is 9.29. The average Bonchev–Trinajstić information content (AvgIpc) is 3.22. The van der Waals surface area contributed by atoms with Gasteiger partial charge in [0.05, 0.1) is 12.5 Å². The quantitative estimate of drug-likeness (QED) is 0.648. The minimum atomic E-state index is 0.274. The largest absolute Gasteiger partial charge is 0.472 e. The van der Waals surface area contributed by atoms with E-state index in [1.165, 1.54) is 42.4 Å². The lowest BCUT2D eigenvalue weighted by molar-refractivity contribution is -0.117. The van der Waals surface area contributed by atoms with Gasteiger partial charge in [-0.15, -0.1) is 0 Å². The molecule has 0 saturated heterocycles. The van der Waals surface area contributed by atoms with Gasteiger partial charge in [0.15, 0.2) is 5.78 Å². The lowest BCUT2D eigenvalue weighted by Gasteiger charge is -2.57. The highest BCUT2D eigenvalue weighted by atomic mass is 16.3. The average molecular weight is 336 g/mol. The van der Waals surface area contributed by atoms with Gasteiger partial charge in [0, 0.05) is 12.0 Å². The van der Waals surface area contributed by atoms with Crippen LogP contribution in [0.5, 0.6) is 0 Å². The molecule has 5 rings (SSSR count). The standard InChI is InChI=1S/C23H28O2/c1-22-10-7-17(24)13-16(22)3-4-18-20-6-5-19(15-9-12-25-14-15)23(20,2)11-8-21(18)22/h5,9,12-14,18,20-21H,3-4,6-8,10-11H2,1-2H3/t18-,20-,21-,22-,23+/m0/s1. The van der Waals surface area contributed by atoms with Crippen LogP contribution in [-0.2, 0) is 4.79 Å². The molecule has 0 aliphatic heterocycles. The van der Waals surface area contributed by atoms with Crippen LogP contribution in [0, 0.1) is 28.6 Å². The molecule has 1 aromatic heterocycles. The monoisotopic (exact) mass is 336 g/mol. The molecule has 1 heterocycles. The van der Waals surface area contributed by atoms with E-state index in [1.807, 2.05) is 12.3 Å². The number of fused-ring (bicyclic) bond motifs is 5. The number of rotatable bonds is 1. The molecule has 0 unspecified atom stereocenters. The Morgan fingerprint density at radius 1 is 1.08 bits per heavy atom. The third kappa shape index (κ3) is 2.06. The van der Waals surface area contributed by atoms with E-state index in [9.17, 15) is 4.79 Å². The maximum absolute atomic E-state index is 11.9. The van der Waals surface area contributed by atoms with Crippen molar-refractivity contribution in [1.29, 1.82) is 0 Å². The Morgan fingerprint density at radius 2 is 1.96 bits per heavy atom. The predicted octanol–water partition coefficient (Wildman–Crippen LogP) is 5.80. The summed E-state index contributed by atoms with van der Waals surface area (Å²) in [6.07, 6.45) is 16.2. The van der Waals surface area contributed by atoms with Crippen molar-refractivity contribution in [2.24, 2.45) is 28.6 Å². The maximum atomic E-state index is 11.9. The molecule has 2 nitrogen and oxygen atoms in total. The summed E-state index contributed by atoms with van der Waals surface area (Å²) >= 11 is 0. The summed E-state index contributed by atoms with van der Waals surface area (Å²) in [7, 11) is 0. The van der Waals surface area contributed by atoms with Gasteiger partial charge in [0.2, 0.25) is 0 Å². The van der Waals surface area contributed by atoms with Crippen LogP contribution in [0.25, 0.3) is 5.57 Å². The van der Waals surface area contributed by atoms with Crippen molar-refractivity contribution in [3.05, 3.63) is 41.9 Å². The minimum Gasteiger partial charge on any atom is -0.472 e. The zero-order valence-electron chi connectivity index (χ0n) is 15.4. The molecule has 2 saturated carbocycles. The first-order valence-corrected chi connectivity index (χ1v) is 9.99. The third-order valence-electron chi connectivity index (χ3n) is 8.37. The maximum Gasteiger partial charge on any atom is 0.155 e. The fourth-order valence-corrected chi connectivity index (χ4v) is 6.99. The summed E-state index contributed by atoms with van der Waals surface area (Å²) in [6.45, 7) is 4.96. The summed E-state index contributed by atoms with van der Waals surface area (Å²) in [5.74, 6) is 2.68. The molecule has 2 heteroatoms. The molecule has 0 spiro atoms. The number of carbonyl (C=O) groups is 1. The molecule has 25 heavy (non-hydrogen) atoms. The van der Waals surface area contributed by atoms with Crippen LogP contribution in [0.15, 0.2) is 40.7 Å². The van der Waals surface area contributed by atoms with E-state index in [-0.39, 0.29) is 5.41 Å². The SMILES string of the molecule is C[C@]12CCC(=O)C=C1CC[C@@H]1[C@@H]2CC[C@]2(C)C(c3ccoc3)=CC[C@@H]12. The number of allylic oxidation sites excluding steroid dienone is 4. The first-order valence-electron chi connectivity index (χ1n) is 9.99. The smallest absolute Gasteiger partial charge is 0.155 e. The van der Waals surface area contributed by atoms with Crippen molar-refractivity contribution in [2.45, 2.75) is 58.8 Å². The molecular weight excluding hydrogens is 308 g/mol. The fraction of sp³-hybridized carbons (Fsp3) is 0.609. The molecule has 0 radical (unpaired) electrons. The summed E-state index contributed by atoms with van der Waals surface area (Å²) in [6, 6.07) is 2.13. The highest BCUT2D eigenvalue weighted by molar-refractivity contribution is 5.91. The molecular formula is C23H28O2. The summed E-state index contributed by atoms with van der Waals surface area (Å²) in [5.41, 5.74) is 4.85. The molecule has 0 bridgehead atoms. The van der Waals surface area contributed by atoms with E-state index in [1.54, 1.807) is 6.26 Å². The van der Waals surface area contributed by atoms with Gasteiger partial charge >= 0.3 is 0 Å². The Kier molecular flexibility index (Phi) is 3.27. The van der Waals surface area contributed by atoms with Gasteiger partial charge < -0.3 is 4.42 Å². The molecule has 2 fully saturated rings. The van der Waals surface area contributed by atoms with Crippen molar-refractivity contribution in [3.63, 3.8) is 0 Å². The van der Waals surface area contributed by atoms with E-state index >= 15 is 0 Å². The summed E-state index contributed by atoms with van der Waals surface area (Å²) < 4.78 is 5.37. The van der Waals surface area contributed by atoms with E-state index in [2.05, 4.69) is 26.0 Å². The van der Waals surface area contributed by atoms with Crippen molar-refractivity contribution in [3.8, 4) is 0 Å². The number of ketones is 1. The zero-order chi connectivity index (χ0) is 17.2. The first-order chi connectivity index (χ1) is 12.0. The van der Waals surface area contributed by atoms with E-state index < -0.39 is 0 Å². The van der Waals surface area contributed by atoms with E-state index in [0.717, 1.165) is 37.0 Å². The summed E-state index contributed by atoms with van der Waals surface area (Å²) in [5, 5.41) is 0. The van der Waals surface area contributed by atoms with Gasteiger partial charge in [0.1, 0.15) is 0 Å².